The Morgan fingerprint density at radius 3 is 0.857 bits per heavy atom. The summed E-state index contributed by atoms with van der Waals surface area (Å²) < 4.78 is 68.5. The molecular formula is C79H142O17P2. The van der Waals surface area contributed by atoms with Crippen molar-refractivity contribution in [3.8, 4) is 0 Å². The number of unbranched alkanes of at least 4 members (excludes halogenated alkanes) is 37. The van der Waals surface area contributed by atoms with Crippen molar-refractivity contribution in [3.63, 3.8) is 0 Å². The van der Waals surface area contributed by atoms with Crippen molar-refractivity contribution in [2.75, 3.05) is 39.6 Å². The number of carbonyl (C=O) groups is 4. The Bertz CT molecular complexity index is 2140. The first kappa shape index (κ1) is 94.5. The Balaban J connectivity index is 5.36. The fourth-order valence-electron chi connectivity index (χ4n) is 10.6. The summed E-state index contributed by atoms with van der Waals surface area (Å²) in [6, 6.07) is 0. The molecule has 0 bridgehead atoms. The summed E-state index contributed by atoms with van der Waals surface area (Å²) in [5.41, 5.74) is 0. The monoisotopic (exact) mass is 1420 g/mol. The van der Waals surface area contributed by atoms with Gasteiger partial charge in [-0.2, -0.15) is 0 Å². The number of aliphatic hydroxyl groups is 1. The highest BCUT2D eigenvalue weighted by molar-refractivity contribution is 7.47. The number of phosphoric acid groups is 2. The fraction of sp³-hybridized carbons (Fsp3) is 0.797. The molecule has 570 valence electrons. The van der Waals surface area contributed by atoms with Gasteiger partial charge < -0.3 is 33.8 Å². The van der Waals surface area contributed by atoms with Gasteiger partial charge in [0.15, 0.2) is 12.2 Å². The van der Waals surface area contributed by atoms with E-state index in [9.17, 15) is 43.2 Å². The van der Waals surface area contributed by atoms with E-state index in [1.54, 1.807) is 0 Å². The van der Waals surface area contributed by atoms with Crippen molar-refractivity contribution in [1.29, 1.82) is 0 Å². The average Bonchev–Trinajstić information content (AvgIpc) is 1.04. The molecule has 0 fully saturated rings. The van der Waals surface area contributed by atoms with Crippen LogP contribution in [0, 0.1) is 0 Å². The Labute approximate surface area is 596 Å². The van der Waals surface area contributed by atoms with Crippen molar-refractivity contribution in [2.45, 2.75) is 367 Å². The van der Waals surface area contributed by atoms with E-state index in [1.165, 1.54) is 109 Å². The van der Waals surface area contributed by atoms with E-state index in [2.05, 4.69) is 101 Å². The van der Waals surface area contributed by atoms with Gasteiger partial charge >= 0.3 is 39.5 Å². The zero-order valence-corrected chi connectivity index (χ0v) is 64.0. The van der Waals surface area contributed by atoms with Crippen molar-refractivity contribution < 1.29 is 80.2 Å². The number of carbonyl (C=O) groups excluding carboxylic acids is 4. The van der Waals surface area contributed by atoms with Crippen LogP contribution in [-0.2, 0) is 65.4 Å². The lowest BCUT2D eigenvalue weighted by Gasteiger charge is -2.21. The Hall–Kier alpha value is -3.50. The van der Waals surface area contributed by atoms with Gasteiger partial charge in [-0.25, -0.2) is 9.13 Å². The van der Waals surface area contributed by atoms with Gasteiger partial charge in [-0.3, -0.25) is 37.3 Å². The van der Waals surface area contributed by atoms with Crippen LogP contribution in [0.3, 0.4) is 0 Å². The normalized spacial score (nSPS) is 14.3. The maximum Gasteiger partial charge on any atom is 0.472 e. The highest BCUT2D eigenvalue weighted by Gasteiger charge is 2.30. The number of ether oxygens (including phenoxy) is 4. The summed E-state index contributed by atoms with van der Waals surface area (Å²) in [6.45, 7) is 4.80. The third-order valence-electron chi connectivity index (χ3n) is 16.6. The lowest BCUT2D eigenvalue weighted by atomic mass is 10.1. The average molecular weight is 1430 g/mol. The topological polar surface area (TPSA) is 237 Å². The van der Waals surface area contributed by atoms with Crippen molar-refractivity contribution in [3.05, 3.63) is 72.9 Å². The molecule has 0 spiro atoms. The van der Waals surface area contributed by atoms with E-state index < -0.39 is 97.5 Å². The molecule has 5 atom stereocenters. The molecule has 0 saturated heterocycles. The molecule has 98 heavy (non-hydrogen) atoms. The molecule has 17 nitrogen and oxygen atoms in total. The molecule has 0 aliphatic heterocycles. The predicted molar refractivity (Wildman–Crippen MR) is 400 cm³/mol. The Morgan fingerprint density at radius 2 is 0.531 bits per heavy atom. The van der Waals surface area contributed by atoms with Gasteiger partial charge in [-0.1, -0.05) is 261 Å². The van der Waals surface area contributed by atoms with E-state index in [0.717, 1.165) is 161 Å². The highest BCUT2D eigenvalue weighted by Crippen LogP contribution is 2.45. The minimum absolute atomic E-state index is 0.0836. The standard InChI is InChI=1S/C79H142O17P2/c1-5-9-13-17-21-25-29-33-36-40-43-47-51-55-59-63-76(81)89-69-74(95-78(83)65-61-57-53-49-45-39-32-28-24-20-16-12-8-4)71-93-97(85,86)91-67-73(80)68-92-98(87,88)94-72-75(96-79(84)66-62-58-54-50-46-42-38-35-31-27-23-19-15-11-7-3)70-90-77(82)64-60-56-52-48-44-41-37-34-30-26-22-18-14-10-6-2/h22,25-26,28-29,32-38,73-75,80H,5-21,23-24,27,30-31,39-72H2,1-4H3,(H,85,86)(H,87,88)/b26-22-,29-25-,32-28-,36-33-,37-34-,38-35-/t73-,74+,75+/m0/s1. The van der Waals surface area contributed by atoms with Gasteiger partial charge in [0.25, 0.3) is 0 Å². The van der Waals surface area contributed by atoms with Crippen LogP contribution in [0.15, 0.2) is 72.9 Å². The minimum Gasteiger partial charge on any atom is -0.462 e. The summed E-state index contributed by atoms with van der Waals surface area (Å²) in [6.07, 6.45) is 71.6. The number of rotatable bonds is 74. The molecule has 0 heterocycles. The van der Waals surface area contributed by atoms with Crippen LogP contribution in [0.2, 0.25) is 0 Å². The summed E-state index contributed by atoms with van der Waals surface area (Å²) in [5, 5.41) is 10.6. The number of aliphatic hydroxyl groups excluding tert-OH is 1. The first-order chi connectivity index (χ1) is 47.7. The van der Waals surface area contributed by atoms with Crippen LogP contribution in [0.25, 0.3) is 0 Å². The van der Waals surface area contributed by atoms with Gasteiger partial charge in [-0.15, -0.1) is 0 Å². The van der Waals surface area contributed by atoms with Gasteiger partial charge in [0.2, 0.25) is 0 Å². The largest absolute Gasteiger partial charge is 0.472 e. The maximum absolute atomic E-state index is 13.1. The molecule has 0 radical (unpaired) electrons. The third-order valence-corrected chi connectivity index (χ3v) is 18.5. The molecule has 0 aromatic carbocycles. The zero-order chi connectivity index (χ0) is 71.8. The number of hydrogen-bond acceptors (Lipinski definition) is 15. The first-order valence-electron chi connectivity index (χ1n) is 39.2. The fourth-order valence-corrected chi connectivity index (χ4v) is 12.2. The molecule has 0 aromatic rings. The number of allylic oxidation sites excluding steroid dienone is 12. The van der Waals surface area contributed by atoms with E-state index >= 15 is 0 Å². The second-order valence-electron chi connectivity index (χ2n) is 26.3. The molecule has 3 N–H and O–H groups in total. The molecule has 2 unspecified atom stereocenters. The van der Waals surface area contributed by atoms with E-state index in [4.69, 9.17) is 37.0 Å². The van der Waals surface area contributed by atoms with Gasteiger partial charge in [0.05, 0.1) is 26.4 Å². The molecule has 0 aromatic heterocycles. The molecule has 0 amide bonds. The van der Waals surface area contributed by atoms with Crippen LogP contribution >= 0.6 is 15.6 Å². The molecule has 19 heteroatoms. The Morgan fingerprint density at radius 1 is 0.296 bits per heavy atom. The van der Waals surface area contributed by atoms with Crippen LogP contribution in [0.4, 0.5) is 0 Å². The predicted octanol–water partition coefficient (Wildman–Crippen LogP) is 22.4. The zero-order valence-electron chi connectivity index (χ0n) is 62.2. The molecule has 0 rings (SSSR count). The SMILES string of the molecule is CCCCC/C=C\C/C=C\CCCCCCCC(=O)OC[C@H](COP(=O)(O)OC[C@@H](O)COP(=O)(O)OC[C@@H](COC(=O)CCCCCCC/C=C\C=C/CCCCCC)OC(=O)CCCCCCC/C=C\CCCCCC)OC(=O)CCCCCCC/C=C\CCCCCCCC. The molecule has 0 aliphatic rings. The van der Waals surface area contributed by atoms with Crippen molar-refractivity contribution in [2.24, 2.45) is 0 Å². The van der Waals surface area contributed by atoms with Gasteiger partial charge in [0, 0.05) is 25.7 Å². The van der Waals surface area contributed by atoms with Crippen LogP contribution in [-0.4, -0.2) is 96.7 Å². The number of esters is 4. The summed E-state index contributed by atoms with van der Waals surface area (Å²) in [7, 11) is -9.95. The maximum atomic E-state index is 13.1. The smallest absolute Gasteiger partial charge is 0.462 e. The van der Waals surface area contributed by atoms with Gasteiger partial charge in [-0.05, 0) is 135 Å². The van der Waals surface area contributed by atoms with E-state index in [0.29, 0.717) is 25.7 Å². The summed E-state index contributed by atoms with van der Waals surface area (Å²) in [5.74, 6) is -2.20. The Kier molecular flexibility index (Phi) is 69.3. The minimum atomic E-state index is -4.98. The summed E-state index contributed by atoms with van der Waals surface area (Å²) in [4.78, 5) is 72.9. The first-order valence-corrected chi connectivity index (χ1v) is 42.2. The lowest BCUT2D eigenvalue weighted by Crippen LogP contribution is -2.30. The second kappa shape index (κ2) is 71.9. The number of phosphoric ester groups is 2. The van der Waals surface area contributed by atoms with E-state index in [1.807, 2.05) is 0 Å². The van der Waals surface area contributed by atoms with Crippen LogP contribution in [0.5, 0.6) is 0 Å². The van der Waals surface area contributed by atoms with E-state index in [-0.39, 0.29) is 25.7 Å². The van der Waals surface area contributed by atoms with Crippen LogP contribution < -0.4 is 0 Å². The highest BCUT2D eigenvalue weighted by atomic mass is 31.2. The number of hydrogen-bond donors (Lipinski definition) is 3. The molecule has 0 saturated carbocycles. The molecule has 0 aliphatic carbocycles. The quantitative estimate of drug-likeness (QED) is 0.0128. The summed E-state index contributed by atoms with van der Waals surface area (Å²) >= 11 is 0. The van der Waals surface area contributed by atoms with Gasteiger partial charge in [0.1, 0.15) is 19.3 Å². The second-order valence-corrected chi connectivity index (χ2v) is 29.2. The molecular weight excluding hydrogens is 1280 g/mol. The third kappa shape index (κ3) is 70.9. The van der Waals surface area contributed by atoms with Crippen LogP contribution in [0.1, 0.15) is 349 Å². The van der Waals surface area contributed by atoms with Crippen molar-refractivity contribution >= 4 is 39.5 Å². The van der Waals surface area contributed by atoms with Crippen molar-refractivity contribution in [1.82, 2.24) is 0 Å². The lowest BCUT2D eigenvalue weighted by molar-refractivity contribution is -0.161.